The summed E-state index contributed by atoms with van der Waals surface area (Å²) in [5.41, 5.74) is 7.91. The van der Waals surface area contributed by atoms with Crippen LogP contribution >= 0.6 is 0 Å². The smallest absolute Gasteiger partial charge is 0.144 e. The second-order valence-corrected chi connectivity index (χ2v) is 12.8. The molecule has 2 nitrogen and oxygen atoms in total. The van der Waals surface area contributed by atoms with E-state index in [1.807, 2.05) is 0 Å². The van der Waals surface area contributed by atoms with Crippen LogP contribution in [0.3, 0.4) is 0 Å². The second kappa shape index (κ2) is 9.57. The minimum atomic E-state index is 0.925. The topological polar surface area (TPSA) is 18.1 Å². The Labute approximate surface area is 275 Å². The molecule has 48 heavy (non-hydrogen) atoms. The lowest BCUT2D eigenvalue weighted by Gasteiger charge is -2.15. The van der Waals surface area contributed by atoms with Gasteiger partial charge in [-0.2, -0.15) is 0 Å². The van der Waals surface area contributed by atoms with Crippen LogP contribution in [0.25, 0.3) is 104 Å². The fourth-order valence-electron chi connectivity index (χ4n) is 8.30. The van der Waals surface area contributed by atoms with Crippen molar-refractivity contribution in [2.24, 2.45) is 0 Å². The molecular weight excluding hydrogens is 583 g/mol. The van der Waals surface area contributed by atoms with E-state index in [-0.39, 0.29) is 0 Å². The number of hydrogen-bond acceptors (Lipinski definition) is 1. The number of furan rings is 1. The highest BCUT2D eigenvalue weighted by Gasteiger charge is 2.21. The highest BCUT2D eigenvalue weighted by atomic mass is 16.3. The van der Waals surface area contributed by atoms with Gasteiger partial charge < -0.3 is 8.98 Å². The molecule has 0 fully saturated rings. The van der Waals surface area contributed by atoms with E-state index in [1.165, 1.54) is 87.1 Å². The molecule has 0 spiro atoms. The van der Waals surface area contributed by atoms with Crippen molar-refractivity contribution >= 4 is 86.8 Å². The van der Waals surface area contributed by atoms with Gasteiger partial charge in [0.25, 0.3) is 0 Å². The Kier molecular flexibility index (Phi) is 5.14. The van der Waals surface area contributed by atoms with Gasteiger partial charge in [-0.05, 0) is 85.9 Å². The molecule has 0 aliphatic heterocycles. The summed E-state index contributed by atoms with van der Waals surface area (Å²) in [5, 5.41) is 14.7. The Morgan fingerprint density at radius 3 is 1.67 bits per heavy atom. The molecule has 222 valence electrons. The van der Waals surface area contributed by atoms with Crippen LogP contribution < -0.4 is 0 Å². The third kappa shape index (κ3) is 3.41. The standard InChI is InChI=1S/C46H27NO/c1-2-12-30(13-3-1)47-40-20-10-8-15-32(40)39-27-29(23-25-41(39)47)28-22-24-36-38(26-28)31-14-4-5-16-33(31)45-43(36)34-17-6-7-18-35(34)44-37-19-9-11-21-42(37)48-46(44)45/h1-27H. The molecule has 9 aromatic carbocycles. The molecule has 0 aliphatic carbocycles. The van der Waals surface area contributed by atoms with Crippen molar-refractivity contribution in [1.82, 2.24) is 4.57 Å². The molecule has 0 N–H and O–H groups in total. The van der Waals surface area contributed by atoms with Gasteiger partial charge in [0.05, 0.1) is 11.0 Å². The van der Waals surface area contributed by atoms with Gasteiger partial charge in [-0.3, -0.25) is 0 Å². The van der Waals surface area contributed by atoms with Crippen LogP contribution in [0.15, 0.2) is 168 Å². The molecule has 0 aliphatic rings. The first-order valence-electron chi connectivity index (χ1n) is 16.5. The molecular formula is C46H27NO. The maximum Gasteiger partial charge on any atom is 0.144 e. The minimum absolute atomic E-state index is 0.925. The maximum atomic E-state index is 6.73. The number of benzene rings is 9. The number of hydrogen-bond donors (Lipinski definition) is 0. The number of fused-ring (bicyclic) bond motifs is 16. The molecule has 0 radical (unpaired) electrons. The summed E-state index contributed by atoms with van der Waals surface area (Å²) in [5.74, 6) is 0. The predicted octanol–water partition coefficient (Wildman–Crippen LogP) is 13.0. The van der Waals surface area contributed by atoms with E-state index in [1.54, 1.807) is 0 Å². The van der Waals surface area contributed by atoms with Crippen LogP contribution in [0.1, 0.15) is 0 Å². The first kappa shape index (κ1) is 25.8. The zero-order chi connectivity index (χ0) is 31.3. The van der Waals surface area contributed by atoms with Crippen molar-refractivity contribution in [3.63, 3.8) is 0 Å². The SMILES string of the molecule is c1ccc(-n2c3ccccc3c3cc(-c4ccc5c(c4)c4ccccc4c4c6oc7ccccc7c6c6ccccc6c54)ccc32)cc1. The average molecular weight is 610 g/mol. The van der Waals surface area contributed by atoms with Crippen molar-refractivity contribution < 1.29 is 4.42 Å². The molecule has 2 heteroatoms. The summed E-state index contributed by atoms with van der Waals surface area (Å²) in [6, 6.07) is 59.4. The Morgan fingerprint density at radius 2 is 0.875 bits per heavy atom. The lowest BCUT2D eigenvalue weighted by atomic mass is 9.88. The van der Waals surface area contributed by atoms with Gasteiger partial charge in [0, 0.05) is 38.0 Å². The molecule has 2 heterocycles. The largest absolute Gasteiger partial charge is 0.455 e. The molecule has 0 amide bonds. The van der Waals surface area contributed by atoms with Gasteiger partial charge in [0.1, 0.15) is 11.2 Å². The van der Waals surface area contributed by atoms with Gasteiger partial charge in [-0.15, -0.1) is 0 Å². The van der Waals surface area contributed by atoms with E-state index in [2.05, 4.69) is 168 Å². The van der Waals surface area contributed by atoms with Crippen LogP contribution in [-0.2, 0) is 0 Å². The Balaban J connectivity index is 1.23. The first-order chi connectivity index (χ1) is 23.8. The van der Waals surface area contributed by atoms with Crippen molar-refractivity contribution in [2.45, 2.75) is 0 Å². The summed E-state index contributed by atoms with van der Waals surface area (Å²) in [6.07, 6.45) is 0. The minimum Gasteiger partial charge on any atom is -0.455 e. The van der Waals surface area contributed by atoms with E-state index in [4.69, 9.17) is 4.42 Å². The predicted molar refractivity (Wildman–Crippen MR) is 204 cm³/mol. The van der Waals surface area contributed by atoms with E-state index in [9.17, 15) is 0 Å². The highest BCUT2D eigenvalue weighted by molar-refractivity contribution is 6.41. The van der Waals surface area contributed by atoms with E-state index in [0.717, 1.165) is 16.6 Å². The van der Waals surface area contributed by atoms with Crippen LogP contribution in [0.2, 0.25) is 0 Å². The van der Waals surface area contributed by atoms with E-state index < -0.39 is 0 Å². The van der Waals surface area contributed by atoms with Crippen molar-refractivity contribution in [3.05, 3.63) is 164 Å². The third-order valence-corrected chi connectivity index (χ3v) is 10.3. The monoisotopic (exact) mass is 609 g/mol. The summed E-state index contributed by atoms with van der Waals surface area (Å²) < 4.78 is 9.11. The molecule has 11 aromatic rings. The lowest BCUT2D eigenvalue weighted by Crippen LogP contribution is -1.92. The molecule has 0 saturated carbocycles. The molecule has 0 bridgehead atoms. The van der Waals surface area contributed by atoms with Crippen molar-refractivity contribution in [2.75, 3.05) is 0 Å². The number of nitrogens with zero attached hydrogens (tertiary/aromatic N) is 1. The van der Waals surface area contributed by atoms with Crippen LogP contribution in [0, 0.1) is 0 Å². The molecule has 0 unspecified atom stereocenters. The molecule has 0 saturated heterocycles. The second-order valence-electron chi connectivity index (χ2n) is 12.8. The Bertz CT molecular complexity index is 3110. The Hall–Kier alpha value is -6.38. The maximum absolute atomic E-state index is 6.73. The third-order valence-electron chi connectivity index (χ3n) is 10.3. The fraction of sp³-hybridized carbons (Fsp3) is 0. The lowest BCUT2D eigenvalue weighted by molar-refractivity contribution is 0.673. The van der Waals surface area contributed by atoms with Crippen LogP contribution in [0.4, 0.5) is 0 Å². The highest BCUT2D eigenvalue weighted by Crippen LogP contribution is 2.47. The van der Waals surface area contributed by atoms with Crippen LogP contribution in [0.5, 0.6) is 0 Å². The van der Waals surface area contributed by atoms with E-state index in [0.29, 0.717) is 0 Å². The Morgan fingerprint density at radius 1 is 0.333 bits per heavy atom. The number of aromatic nitrogens is 1. The quantitative estimate of drug-likeness (QED) is 0.178. The summed E-state index contributed by atoms with van der Waals surface area (Å²) in [4.78, 5) is 0. The zero-order valence-corrected chi connectivity index (χ0v) is 25.9. The van der Waals surface area contributed by atoms with Crippen molar-refractivity contribution in [1.29, 1.82) is 0 Å². The summed E-state index contributed by atoms with van der Waals surface area (Å²) >= 11 is 0. The van der Waals surface area contributed by atoms with Gasteiger partial charge in [0.2, 0.25) is 0 Å². The van der Waals surface area contributed by atoms with Crippen molar-refractivity contribution in [3.8, 4) is 16.8 Å². The normalized spacial score (nSPS) is 12.2. The van der Waals surface area contributed by atoms with Gasteiger partial charge in [0.15, 0.2) is 0 Å². The summed E-state index contributed by atoms with van der Waals surface area (Å²) in [7, 11) is 0. The van der Waals surface area contributed by atoms with Gasteiger partial charge >= 0.3 is 0 Å². The molecule has 0 atom stereocenters. The zero-order valence-electron chi connectivity index (χ0n) is 25.9. The van der Waals surface area contributed by atoms with Crippen LogP contribution in [-0.4, -0.2) is 4.57 Å². The molecule has 2 aromatic heterocycles. The molecule has 11 rings (SSSR count). The van der Waals surface area contributed by atoms with Gasteiger partial charge in [-0.25, -0.2) is 0 Å². The van der Waals surface area contributed by atoms with E-state index >= 15 is 0 Å². The number of para-hydroxylation sites is 3. The fourth-order valence-corrected chi connectivity index (χ4v) is 8.30. The number of rotatable bonds is 2. The van der Waals surface area contributed by atoms with Gasteiger partial charge in [-0.1, -0.05) is 121 Å². The summed E-state index contributed by atoms with van der Waals surface area (Å²) in [6.45, 7) is 0. The first-order valence-corrected chi connectivity index (χ1v) is 16.5. The average Bonchev–Trinajstić information content (AvgIpc) is 3.71.